The maximum absolute atomic E-state index is 13.6. The van der Waals surface area contributed by atoms with E-state index in [2.05, 4.69) is 10.2 Å². The van der Waals surface area contributed by atoms with E-state index in [1.807, 2.05) is 52.2 Å². The molecule has 1 atom stereocenters. The standard InChI is InChI=1S/C25H32N4O2S2/c1-16-9-7-10-18(15-16)26-22(30)17(2)32-25-27-23-21(19-11-5-6-12-20(19)33-23)24(31)29(25)14-8-13-28(3)4/h7,9-10,15,17H,5-6,8,11-14H2,1-4H3,(H,26,30). The molecule has 1 amide bonds. The summed E-state index contributed by atoms with van der Waals surface area (Å²) in [5, 5.41) is 4.05. The van der Waals surface area contributed by atoms with E-state index in [0.29, 0.717) is 11.7 Å². The van der Waals surface area contributed by atoms with Crippen LogP contribution < -0.4 is 10.9 Å². The summed E-state index contributed by atoms with van der Waals surface area (Å²) in [5.74, 6) is -0.0924. The lowest BCUT2D eigenvalue weighted by molar-refractivity contribution is -0.115. The molecule has 2 aromatic heterocycles. The van der Waals surface area contributed by atoms with Gasteiger partial charge < -0.3 is 10.2 Å². The van der Waals surface area contributed by atoms with E-state index in [9.17, 15) is 9.59 Å². The normalized spacial score (nSPS) is 14.5. The molecule has 1 unspecified atom stereocenters. The number of aryl methyl sites for hydroxylation is 3. The Bertz CT molecular complexity index is 1220. The van der Waals surface area contributed by atoms with E-state index in [0.717, 1.165) is 53.7 Å². The molecular weight excluding hydrogens is 452 g/mol. The van der Waals surface area contributed by atoms with Gasteiger partial charge in [-0.3, -0.25) is 14.2 Å². The largest absolute Gasteiger partial charge is 0.325 e. The third-order valence-corrected chi connectivity index (χ3v) is 8.24. The molecule has 176 valence electrons. The molecule has 6 nitrogen and oxygen atoms in total. The van der Waals surface area contributed by atoms with Crippen LogP contribution in [0, 0.1) is 6.92 Å². The summed E-state index contributed by atoms with van der Waals surface area (Å²) >= 11 is 3.03. The van der Waals surface area contributed by atoms with Gasteiger partial charge in [0.2, 0.25) is 5.91 Å². The van der Waals surface area contributed by atoms with Crippen molar-refractivity contribution in [1.82, 2.24) is 14.5 Å². The first-order chi connectivity index (χ1) is 15.8. The second kappa shape index (κ2) is 10.4. The first-order valence-corrected chi connectivity index (χ1v) is 13.3. The van der Waals surface area contributed by atoms with Gasteiger partial charge in [0.1, 0.15) is 4.83 Å². The molecule has 1 aliphatic rings. The number of carbonyl (C=O) groups is 1. The molecule has 1 N–H and O–H groups in total. The van der Waals surface area contributed by atoms with Crippen LogP contribution in [0.5, 0.6) is 0 Å². The highest BCUT2D eigenvalue weighted by Crippen LogP contribution is 2.35. The molecule has 3 aromatic rings. The summed E-state index contributed by atoms with van der Waals surface area (Å²) in [6, 6.07) is 7.77. The van der Waals surface area contributed by atoms with E-state index >= 15 is 0 Å². The van der Waals surface area contributed by atoms with E-state index in [-0.39, 0.29) is 16.7 Å². The predicted octanol–water partition coefficient (Wildman–Crippen LogP) is 4.72. The van der Waals surface area contributed by atoms with Crippen molar-refractivity contribution in [2.45, 2.75) is 62.9 Å². The Hall–Kier alpha value is -2.16. The third kappa shape index (κ3) is 5.50. The Morgan fingerprint density at radius 3 is 2.85 bits per heavy atom. The summed E-state index contributed by atoms with van der Waals surface area (Å²) in [5.41, 5.74) is 3.13. The number of amides is 1. The SMILES string of the molecule is Cc1cccc(NC(=O)C(C)Sc2nc3sc4c(c3c(=O)n2CCCN(C)C)CCCC4)c1. The monoisotopic (exact) mass is 484 g/mol. The van der Waals surface area contributed by atoms with Crippen molar-refractivity contribution in [3.05, 3.63) is 50.6 Å². The predicted molar refractivity (Wildman–Crippen MR) is 139 cm³/mol. The summed E-state index contributed by atoms with van der Waals surface area (Å²) in [6.45, 7) is 5.36. The Morgan fingerprint density at radius 2 is 2.09 bits per heavy atom. The van der Waals surface area contributed by atoms with Gasteiger partial charge in [0.25, 0.3) is 5.56 Å². The molecule has 0 fully saturated rings. The average molecular weight is 485 g/mol. The number of nitrogens with one attached hydrogen (secondary N) is 1. The highest BCUT2D eigenvalue weighted by molar-refractivity contribution is 8.00. The zero-order valence-corrected chi connectivity index (χ0v) is 21.4. The summed E-state index contributed by atoms with van der Waals surface area (Å²) in [7, 11) is 4.07. The molecule has 1 aromatic carbocycles. The van der Waals surface area contributed by atoms with Crippen LogP contribution in [-0.4, -0.2) is 46.2 Å². The van der Waals surface area contributed by atoms with E-state index < -0.39 is 0 Å². The lowest BCUT2D eigenvalue weighted by Gasteiger charge is -2.17. The van der Waals surface area contributed by atoms with Gasteiger partial charge in [0.05, 0.1) is 10.6 Å². The highest BCUT2D eigenvalue weighted by Gasteiger charge is 2.24. The Balaban J connectivity index is 1.64. The smallest absolute Gasteiger partial charge is 0.263 e. The molecule has 0 spiro atoms. The number of anilines is 1. The molecule has 0 saturated carbocycles. The van der Waals surface area contributed by atoms with Gasteiger partial charge in [-0.1, -0.05) is 23.9 Å². The number of thioether (sulfide) groups is 1. The third-order valence-electron chi connectivity index (χ3n) is 5.96. The number of aromatic nitrogens is 2. The van der Waals surface area contributed by atoms with Gasteiger partial charge in [0, 0.05) is 17.1 Å². The lowest BCUT2D eigenvalue weighted by atomic mass is 9.97. The minimum Gasteiger partial charge on any atom is -0.325 e. The summed E-state index contributed by atoms with van der Waals surface area (Å²) in [6.07, 6.45) is 5.16. The topological polar surface area (TPSA) is 67.2 Å². The van der Waals surface area contributed by atoms with Crippen LogP contribution in [0.2, 0.25) is 0 Å². The van der Waals surface area contributed by atoms with Gasteiger partial charge >= 0.3 is 0 Å². The molecule has 0 bridgehead atoms. The van der Waals surface area contributed by atoms with Gasteiger partial charge in [-0.15, -0.1) is 11.3 Å². The number of hydrogen-bond donors (Lipinski definition) is 1. The van der Waals surface area contributed by atoms with Gasteiger partial charge in [0.15, 0.2) is 5.16 Å². The molecule has 0 aliphatic heterocycles. The molecule has 0 radical (unpaired) electrons. The zero-order chi connectivity index (χ0) is 23.5. The number of carbonyl (C=O) groups excluding carboxylic acids is 1. The quantitative estimate of drug-likeness (QED) is 0.370. The lowest BCUT2D eigenvalue weighted by Crippen LogP contribution is -2.28. The zero-order valence-electron chi connectivity index (χ0n) is 19.8. The Labute approximate surface area is 203 Å². The van der Waals surface area contributed by atoms with Crippen molar-refractivity contribution in [2.75, 3.05) is 26.0 Å². The number of thiophene rings is 1. The molecule has 2 heterocycles. The van der Waals surface area contributed by atoms with Crippen LogP contribution in [0.15, 0.2) is 34.2 Å². The summed E-state index contributed by atoms with van der Waals surface area (Å²) in [4.78, 5) is 35.7. The minimum absolute atomic E-state index is 0.0481. The number of fused-ring (bicyclic) bond motifs is 3. The van der Waals surface area contributed by atoms with Crippen molar-refractivity contribution >= 4 is 44.9 Å². The molecule has 0 saturated heterocycles. The van der Waals surface area contributed by atoms with E-state index in [4.69, 9.17) is 4.98 Å². The molecule has 4 rings (SSSR count). The van der Waals surface area contributed by atoms with Crippen LogP contribution in [0.25, 0.3) is 10.2 Å². The fourth-order valence-electron chi connectivity index (χ4n) is 4.23. The molecule has 33 heavy (non-hydrogen) atoms. The van der Waals surface area contributed by atoms with Gasteiger partial charge in [-0.25, -0.2) is 4.98 Å². The highest BCUT2D eigenvalue weighted by atomic mass is 32.2. The fourth-order valence-corrected chi connectivity index (χ4v) is 6.47. The maximum atomic E-state index is 13.6. The van der Waals surface area contributed by atoms with Crippen LogP contribution in [0.4, 0.5) is 5.69 Å². The molecule has 1 aliphatic carbocycles. The second-order valence-corrected chi connectivity index (χ2v) is 11.4. The second-order valence-electron chi connectivity index (χ2n) is 9.02. The van der Waals surface area contributed by atoms with Crippen molar-refractivity contribution in [1.29, 1.82) is 0 Å². The summed E-state index contributed by atoms with van der Waals surface area (Å²) < 4.78 is 1.80. The maximum Gasteiger partial charge on any atom is 0.263 e. The van der Waals surface area contributed by atoms with Gasteiger partial charge in [-0.2, -0.15) is 0 Å². The fraction of sp³-hybridized carbons (Fsp3) is 0.480. The molecule has 8 heteroatoms. The van der Waals surface area contributed by atoms with Crippen LogP contribution in [0.3, 0.4) is 0 Å². The van der Waals surface area contributed by atoms with Crippen molar-refractivity contribution < 1.29 is 4.79 Å². The van der Waals surface area contributed by atoms with E-state index in [1.165, 1.54) is 28.6 Å². The number of hydrogen-bond acceptors (Lipinski definition) is 6. The molecular formula is C25H32N4O2S2. The Morgan fingerprint density at radius 1 is 1.30 bits per heavy atom. The number of nitrogens with zero attached hydrogens (tertiary/aromatic N) is 3. The van der Waals surface area contributed by atoms with Crippen LogP contribution in [-0.2, 0) is 24.2 Å². The number of rotatable bonds is 8. The first kappa shape index (κ1) is 24.0. The number of benzene rings is 1. The first-order valence-electron chi connectivity index (χ1n) is 11.6. The van der Waals surface area contributed by atoms with Crippen molar-refractivity contribution in [3.8, 4) is 0 Å². The van der Waals surface area contributed by atoms with Crippen molar-refractivity contribution in [2.24, 2.45) is 0 Å². The Kier molecular flexibility index (Phi) is 7.56. The van der Waals surface area contributed by atoms with Gasteiger partial charge in [-0.05, 0) is 89.9 Å². The van der Waals surface area contributed by atoms with Crippen molar-refractivity contribution in [3.63, 3.8) is 0 Å². The van der Waals surface area contributed by atoms with Crippen LogP contribution >= 0.6 is 23.1 Å². The van der Waals surface area contributed by atoms with E-state index in [1.54, 1.807) is 15.9 Å². The van der Waals surface area contributed by atoms with Crippen LogP contribution in [0.1, 0.15) is 42.2 Å². The average Bonchev–Trinajstić information content (AvgIpc) is 3.14. The minimum atomic E-state index is -0.385.